The molecule has 12 heavy (non-hydrogen) atoms. The Morgan fingerprint density at radius 3 is 2.42 bits per heavy atom. The Bertz CT molecular complexity index is 311. The van der Waals surface area contributed by atoms with Crippen molar-refractivity contribution in [3.05, 3.63) is 34.9 Å². The van der Waals surface area contributed by atoms with Crippen LogP contribution < -0.4 is 5.46 Å². The summed E-state index contributed by atoms with van der Waals surface area (Å²) in [4.78, 5) is 0. The predicted molar refractivity (Wildman–Crippen MR) is 56.0 cm³/mol. The number of benzene rings is 1. The van der Waals surface area contributed by atoms with Crippen molar-refractivity contribution in [2.75, 3.05) is 0 Å². The summed E-state index contributed by atoms with van der Waals surface area (Å²) in [5.41, 5.74) is 4.59. The van der Waals surface area contributed by atoms with Gasteiger partial charge in [-0.1, -0.05) is 35.3 Å². The second-order valence-electron chi connectivity index (χ2n) is 2.99. The van der Waals surface area contributed by atoms with Gasteiger partial charge in [-0.2, -0.15) is 0 Å². The fourth-order valence-electron chi connectivity index (χ4n) is 1.22. The van der Waals surface area contributed by atoms with Crippen LogP contribution in [0.4, 0.5) is 0 Å². The van der Waals surface area contributed by atoms with Gasteiger partial charge in [-0.05, 0) is 31.9 Å². The molecule has 0 saturated heterocycles. The van der Waals surface area contributed by atoms with Gasteiger partial charge >= 0.3 is 0 Å². The molecule has 60 valence electrons. The smallest absolute Gasteiger partial charge is 0.0935 e. The molecule has 0 aliphatic heterocycles. The monoisotopic (exact) mass is 156 g/mol. The average molecular weight is 156 g/mol. The lowest BCUT2D eigenvalue weighted by Gasteiger charge is -2.07. The quantitative estimate of drug-likeness (QED) is 0.546. The second kappa shape index (κ2) is 3.62. The molecule has 0 fully saturated rings. The standard InChI is InChI=1S/C11H13B/c1-4-5-10-6-7-11(12)9(3)8(10)2/h4-7H,1-3H3/b5-4-. The summed E-state index contributed by atoms with van der Waals surface area (Å²) in [6, 6.07) is 4.01. The lowest BCUT2D eigenvalue weighted by atomic mass is 9.87. The minimum atomic E-state index is 0.876. The first-order chi connectivity index (χ1) is 5.66. The van der Waals surface area contributed by atoms with Crippen molar-refractivity contribution >= 4 is 19.4 Å². The highest BCUT2D eigenvalue weighted by atomic mass is 14.0. The van der Waals surface area contributed by atoms with Crippen molar-refractivity contribution in [1.82, 2.24) is 0 Å². The third kappa shape index (κ3) is 1.61. The van der Waals surface area contributed by atoms with Gasteiger partial charge in [-0.3, -0.25) is 0 Å². The van der Waals surface area contributed by atoms with Gasteiger partial charge < -0.3 is 0 Å². The van der Waals surface area contributed by atoms with Crippen molar-refractivity contribution in [3.63, 3.8) is 0 Å². The van der Waals surface area contributed by atoms with Crippen molar-refractivity contribution in [1.29, 1.82) is 0 Å². The molecular weight excluding hydrogens is 143 g/mol. The molecule has 1 aromatic rings. The molecule has 0 aliphatic carbocycles. The van der Waals surface area contributed by atoms with Crippen LogP contribution in [-0.2, 0) is 0 Å². The molecule has 0 aromatic heterocycles. The SMILES string of the molecule is [B]c1ccc(/C=C\C)c(C)c1C. The lowest BCUT2D eigenvalue weighted by molar-refractivity contribution is 1.35. The van der Waals surface area contributed by atoms with Gasteiger partial charge in [0, 0.05) is 0 Å². The van der Waals surface area contributed by atoms with E-state index >= 15 is 0 Å². The highest BCUT2D eigenvalue weighted by Gasteiger charge is 1.99. The number of allylic oxidation sites excluding steroid dienone is 1. The first-order valence-electron chi connectivity index (χ1n) is 4.15. The third-order valence-electron chi connectivity index (χ3n) is 2.22. The van der Waals surface area contributed by atoms with Crippen molar-refractivity contribution in [2.24, 2.45) is 0 Å². The lowest BCUT2D eigenvalue weighted by Crippen LogP contribution is -2.09. The van der Waals surface area contributed by atoms with E-state index in [2.05, 4.69) is 26.0 Å². The Labute approximate surface area is 75.7 Å². The summed E-state index contributed by atoms with van der Waals surface area (Å²) in [6.45, 7) is 6.17. The molecule has 0 saturated carbocycles. The fourth-order valence-corrected chi connectivity index (χ4v) is 1.22. The van der Waals surface area contributed by atoms with Crippen molar-refractivity contribution in [3.8, 4) is 0 Å². The molecule has 1 heteroatoms. The summed E-state index contributed by atoms with van der Waals surface area (Å²) >= 11 is 0. The summed E-state index contributed by atoms with van der Waals surface area (Å²) in [7, 11) is 5.76. The number of rotatable bonds is 1. The number of hydrogen-bond donors (Lipinski definition) is 0. The van der Waals surface area contributed by atoms with Gasteiger partial charge in [-0.15, -0.1) is 0 Å². The first kappa shape index (κ1) is 9.12. The maximum absolute atomic E-state index is 5.76. The molecule has 0 heterocycles. The fraction of sp³-hybridized carbons (Fsp3) is 0.273. The Morgan fingerprint density at radius 1 is 1.17 bits per heavy atom. The van der Waals surface area contributed by atoms with Gasteiger partial charge in [0.05, 0.1) is 0 Å². The average Bonchev–Trinajstić information content (AvgIpc) is 2.07. The Balaban J connectivity index is 3.26. The normalized spacial score (nSPS) is 10.9. The van der Waals surface area contributed by atoms with Gasteiger partial charge in [0.15, 0.2) is 0 Å². The van der Waals surface area contributed by atoms with Gasteiger partial charge in [-0.25, -0.2) is 0 Å². The van der Waals surface area contributed by atoms with Crippen molar-refractivity contribution < 1.29 is 0 Å². The Morgan fingerprint density at radius 2 is 1.83 bits per heavy atom. The van der Waals surface area contributed by atoms with Crippen LogP contribution in [0.2, 0.25) is 0 Å². The summed E-state index contributed by atoms with van der Waals surface area (Å²) in [5, 5.41) is 0. The molecule has 0 amide bonds. The Kier molecular flexibility index (Phi) is 2.75. The first-order valence-corrected chi connectivity index (χ1v) is 4.15. The topological polar surface area (TPSA) is 0 Å². The van der Waals surface area contributed by atoms with E-state index in [9.17, 15) is 0 Å². The van der Waals surface area contributed by atoms with E-state index in [0.717, 1.165) is 5.46 Å². The van der Waals surface area contributed by atoms with E-state index in [1.165, 1.54) is 16.7 Å². The number of hydrogen-bond acceptors (Lipinski definition) is 0. The molecular formula is C11H13B. The third-order valence-corrected chi connectivity index (χ3v) is 2.22. The molecule has 2 radical (unpaired) electrons. The van der Waals surface area contributed by atoms with E-state index in [-0.39, 0.29) is 0 Å². The van der Waals surface area contributed by atoms with Crippen LogP contribution in [0.15, 0.2) is 18.2 Å². The van der Waals surface area contributed by atoms with Crippen LogP contribution in [-0.4, -0.2) is 7.85 Å². The molecule has 1 rings (SSSR count). The summed E-state index contributed by atoms with van der Waals surface area (Å²) in [6.07, 6.45) is 4.14. The molecule has 0 aliphatic rings. The molecule has 0 bridgehead atoms. The predicted octanol–water partition coefficient (Wildman–Crippen LogP) is 2.13. The van der Waals surface area contributed by atoms with Crippen LogP contribution in [0.3, 0.4) is 0 Å². The molecule has 1 aromatic carbocycles. The molecule has 0 atom stereocenters. The van der Waals surface area contributed by atoms with E-state index in [4.69, 9.17) is 7.85 Å². The zero-order valence-electron chi connectivity index (χ0n) is 7.89. The van der Waals surface area contributed by atoms with Crippen LogP contribution in [0.25, 0.3) is 6.08 Å². The van der Waals surface area contributed by atoms with Gasteiger partial charge in [0.25, 0.3) is 0 Å². The zero-order valence-corrected chi connectivity index (χ0v) is 7.89. The van der Waals surface area contributed by atoms with E-state index in [1.807, 2.05) is 19.1 Å². The van der Waals surface area contributed by atoms with Crippen LogP contribution in [0, 0.1) is 13.8 Å². The Hall–Kier alpha value is -0.975. The van der Waals surface area contributed by atoms with Gasteiger partial charge in [0.2, 0.25) is 0 Å². The molecule has 0 N–H and O–H groups in total. The van der Waals surface area contributed by atoms with E-state index in [0.29, 0.717) is 0 Å². The highest BCUT2D eigenvalue weighted by Crippen LogP contribution is 2.11. The minimum Gasteiger partial charge on any atom is -0.0935 e. The van der Waals surface area contributed by atoms with Gasteiger partial charge in [0.1, 0.15) is 7.85 Å². The summed E-state index contributed by atoms with van der Waals surface area (Å²) < 4.78 is 0. The van der Waals surface area contributed by atoms with Crippen LogP contribution in [0.1, 0.15) is 23.6 Å². The molecule has 0 spiro atoms. The molecule has 0 unspecified atom stereocenters. The largest absolute Gasteiger partial charge is 0.114 e. The maximum atomic E-state index is 5.76. The second-order valence-corrected chi connectivity index (χ2v) is 2.99. The highest BCUT2D eigenvalue weighted by molar-refractivity contribution is 6.33. The van der Waals surface area contributed by atoms with E-state index in [1.54, 1.807) is 0 Å². The van der Waals surface area contributed by atoms with Crippen molar-refractivity contribution in [2.45, 2.75) is 20.8 Å². The van der Waals surface area contributed by atoms with Crippen LogP contribution in [0.5, 0.6) is 0 Å². The minimum absolute atomic E-state index is 0.876. The maximum Gasteiger partial charge on any atom is 0.114 e. The molecule has 0 nitrogen and oxygen atoms in total. The summed E-state index contributed by atoms with van der Waals surface area (Å²) in [5.74, 6) is 0. The van der Waals surface area contributed by atoms with Crippen LogP contribution >= 0.6 is 0 Å². The van der Waals surface area contributed by atoms with E-state index < -0.39 is 0 Å². The zero-order chi connectivity index (χ0) is 9.14.